The lowest BCUT2D eigenvalue weighted by atomic mass is 10.1. The maximum absolute atomic E-state index is 11.7. The van der Waals surface area contributed by atoms with E-state index in [0.717, 1.165) is 15.4 Å². The van der Waals surface area contributed by atoms with Gasteiger partial charge < -0.3 is 10.7 Å². The summed E-state index contributed by atoms with van der Waals surface area (Å²) in [6.45, 7) is 0. The Morgan fingerprint density at radius 2 is 1.95 bits per heavy atom. The lowest BCUT2D eigenvalue weighted by Crippen LogP contribution is -2.05. The molecule has 3 rings (SSSR count). The van der Waals surface area contributed by atoms with E-state index in [1.807, 2.05) is 12.1 Å². The molecule has 19 heavy (non-hydrogen) atoms. The van der Waals surface area contributed by atoms with Crippen LogP contribution in [0.5, 0.6) is 0 Å². The van der Waals surface area contributed by atoms with Crippen molar-refractivity contribution in [3.8, 4) is 11.3 Å². The SMILES string of the molecule is Nc1nccnc1-c1ccc2c(=O)[nH]cc(Br)c2c1. The minimum atomic E-state index is -0.128. The molecule has 0 aliphatic heterocycles. The molecule has 0 unspecified atom stereocenters. The number of nitrogens with zero attached hydrogens (tertiary/aromatic N) is 2. The Morgan fingerprint density at radius 3 is 2.74 bits per heavy atom. The number of aromatic nitrogens is 3. The molecule has 0 spiro atoms. The van der Waals surface area contributed by atoms with E-state index in [1.165, 1.54) is 0 Å². The molecule has 0 amide bonds. The number of H-pyrrole nitrogens is 1. The number of nitrogens with two attached hydrogens (primary N) is 1. The highest BCUT2D eigenvalue weighted by atomic mass is 79.9. The van der Waals surface area contributed by atoms with E-state index in [0.29, 0.717) is 16.9 Å². The van der Waals surface area contributed by atoms with E-state index in [2.05, 4.69) is 30.9 Å². The number of aromatic amines is 1. The van der Waals surface area contributed by atoms with Gasteiger partial charge in [0.2, 0.25) is 0 Å². The van der Waals surface area contributed by atoms with E-state index < -0.39 is 0 Å². The molecule has 0 saturated carbocycles. The molecule has 2 aromatic heterocycles. The number of fused-ring (bicyclic) bond motifs is 1. The molecule has 5 nitrogen and oxygen atoms in total. The van der Waals surface area contributed by atoms with Crippen molar-refractivity contribution in [2.45, 2.75) is 0 Å². The molecule has 0 aliphatic rings. The Labute approximate surface area is 116 Å². The van der Waals surface area contributed by atoms with Crippen molar-refractivity contribution < 1.29 is 0 Å². The van der Waals surface area contributed by atoms with Crippen LogP contribution in [0.3, 0.4) is 0 Å². The average molecular weight is 317 g/mol. The molecule has 0 aliphatic carbocycles. The van der Waals surface area contributed by atoms with E-state index in [9.17, 15) is 4.79 Å². The van der Waals surface area contributed by atoms with Crippen molar-refractivity contribution in [3.63, 3.8) is 0 Å². The number of anilines is 1. The highest BCUT2D eigenvalue weighted by molar-refractivity contribution is 9.10. The zero-order chi connectivity index (χ0) is 13.4. The normalized spacial score (nSPS) is 10.8. The van der Waals surface area contributed by atoms with Crippen molar-refractivity contribution in [1.29, 1.82) is 0 Å². The third-order valence-electron chi connectivity index (χ3n) is 2.85. The van der Waals surface area contributed by atoms with Crippen LogP contribution in [-0.2, 0) is 0 Å². The zero-order valence-electron chi connectivity index (χ0n) is 9.72. The molecule has 2 heterocycles. The summed E-state index contributed by atoms with van der Waals surface area (Å²) in [5.74, 6) is 0.364. The Hall–Kier alpha value is -2.21. The van der Waals surface area contributed by atoms with Gasteiger partial charge in [0.1, 0.15) is 11.5 Å². The highest BCUT2D eigenvalue weighted by Crippen LogP contribution is 2.27. The summed E-state index contributed by atoms with van der Waals surface area (Å²) in [5.41, 5.74) is 7.11. The Balaban J connectivity index is 2.31. The van der Waals surface area contributed by atoms with Gasteiger partial charge in [0.15, 0.2) is 0 Å². The van der Waals surface area contributed by atoms with Gasteiger partial charge in [-0.25, -0.2) is 4.98 Å². The van der Waals surface area contributed by atoms with Gasteiger partial charge in [-0.2, -0.15) is 0 Å². The maximum Gasteiger partial charge on any atom is 0.255 e. The maximum atomic E-state index is 11.7. The molecule has 3 aromatic rings. The average Bonchev–Trinajstić information content (AvgIpc) is 2.43. The van der Waals surface area contributed by atoms with Crippen molar-refractivity contribution in [3.05, 3.63) is 51.6 Å². The fourth-order valence-corrected chi connectivity index (χ4v) is 2.39. The summed E-state index contributed by atoms with van der Waals surface area (Å²) < 4.78 is 0.811. The van der Waals surface area contributed by atoms with Crippen LogP contribution in [0.15, 0.2) is 46.1 Å². The summed E-state index contributed by atoms with van der Waals surface area (Å²) in [7, 11) is 0. The summed E-state index contributed by atoms with van der Waals surface area (Å²) in [5, 5.41) is 1.42. The molecule has 0 fully saturated rings. The number of benzene rings is 1. The Kier molecular flexibility index (Phi) is 2.79. The number of rotatable bonds is 1. The van der Waals surface area contributed by atoms with E-state index >= 15 is 0 Å². The van der Waals surface area contributed by atoms with Gasteiger partial charge in [-0.05, 0) is 28.1 Å². The third kappa shape index (κ3) is 2.00. The minimum absolute atomic E-state index is 0.128. The minimum Gasteiger partial charge on any atom is -0.382 e. The third-order valence-corrected chi connectivity index (χ3v) is 3.51. The number of pyridine rings is 1. The summed E-state index contributed by atoms with van der Waals surface area (Å²) >= 11 is 3.42. The van der Waals surface area contributed by atoms with Crippen LogP contribution in [0.1, 0.15) is 0 Å². The number of hydrogen-bond donors (Lipinski definition) is 2. The standard InChI is InChI=1S/C13H9BrN4O/c14-10-6-18-13(19)8-2-1-7(5-9(8)10)11-12(15)17-4-3-16-11/h1-6H,(H2,15,17)(H,18,19). The van der Waals surface area contributed by atoms with Crippen LogP contribution in [0.2, 0.25) is 0 Å². The van der Waals surface area contributed by atoms with Crippen molar-refractivity contribution >= 4 is 32.5 Å². The van der Waals surface area contributed by atoms with Gasteiger partial charge in [-0.3, -0.25) is 9.78 Å². The van der Waals surface area contributed by atoms with Crippen LogP contribution < -0.4 is 11.3 Å². The van der Waals surface area contributed by atoms with Crippen molar-refractivity contribution in [1.82, 2.24) is 15.0 Å². The molecule has 3 N–H and O–H groups in total. The first-order chi connectivity index (χ1) is 9.16. The number of halogens is 1. The predicted molar refractivity (Wildman–Crippen MR) is 77.7 cm³/mol. The smallest absolute Gasteiger partial charge is 0.255 e. The molecule has 0 saturated heterocycles. The van der Waals surface area contributed by atoms with Crippen molar-refractivity contribution in [2.75, 3.05) is 5.73 Å². The number of nitrogen functional groups attached to an aromatic ring is 1. The predicted octanol–water partition coefficient (Wildman–Crippen LogP) is 2.33. The number of hydrogen-bond acceptors (Lipinski definition) is 4. The van der Waals surface area contributed by atoms with Gasteiger partial charge in [0.05, 0.1) is 0 Å². The molecule has 1 aromatic carbocycles. The summed E-state index contributed by atoms with van der Waals surface area (Å²) in [6, 6.07) is 5.43. The fraction of sp³-hybridized carbons (Fsp3) is 0. The highest BCUT2D eigenvalue weighted by Gasteiger charge is 2.08. The van der Waals surface area contributed by atoms with E-state index in [4.69, 9.17) is 5.73 Å². The van der Waals surface area contributed by atoms with Gasteiger partial charge in [0, 0.05) is 39.4 Å². The first kappa shape index (κ1) is 11.9. The van der Waals surface area contributed by atoms with Crippen LogP contribution >= 0.6 is 15.9 Å². The second-order valence-corrected chi connectivity index (χ2v) is 4.87. The lowest BCUT2D eigenvalue weighted by Gasteiger charge is -2.06. The topological polar surface area (TPSA) is 84.7 Å². The van der Waals surface area contributed by atoms with E-state index in [-0.39, 0.29) is 5.56 Å². The van der Waals surface area contributed by atoms with Gasteiger partial charge in [-0.1, -0.05) is 6.07 Å². The largest absolute Gasteiger partial charge is 0.382 e. The van der Waals surface area contributed by atoms with E-state index in [1.54, 1.807) is 24.7 Å². The monoisotopic (exact) mass is 316 g/mol. The molecule has 94 valence electrons. The second kappa shape index (κ2) is 4.47. The molecular formula is C13H9BrN4O. The Morgan fingerprint density at radius 1 is 1.16 bits per heavy atom. The van der Waals surface area contributed by atoms with Crippen LogP contribution in [0.4, 0.5) is 5.82 Å². The van der Waals surface area contributed by atoms with Gasteiger partial charge >= 0.3 is 0 Å². The van der Waals surface area contributed by atoms with Crippen LogP contribution in [0.25, 0.3) is 22.0 Å². The molecule has 0 atom stereocenters. The summed E-state index contributed by atoms with van der Waals surface area (Å²) in [4.78, 5) is 22.6. The number of nitrogens with one attached hydrogen (secondary N) is 1. The van der Waals surface area contributed by atoms with Gasteiger partial charge in [-0.15, -0.1) is 0 Å². The van der Waals surface area contributed by atoms with Crippen molar-refractivity contribution in [2.24, 2.45) is 0 Å². The second-order valence-electron chi connectivity index (χ2n) is 4.02. The molecular weight excluding hydrogens is 308 g/mol. The lowest BCUT2D eigenvalue weighted by molar-refractivity contribution is 1.21. The van der Waals surface area contributed by atoms with Crippen LogP contribution in [0, 0.1) is 0 Å². The first-order valence-corrected chi connectivity index (χ1v) is 6.34. The first-order valence-electron chi connectivity index (χ1n) is 5.54. The van der Waals surface area contributed by atoms with Crippen LogP contribution in [-0.4, -0.2) is 15.0 Å². The van der Waals surface area contributed by atoms with Gasteiger partial charge in [0.25, 0.3) is 5.56 Å². The quantitative estimate of drug-likeness (QED) is 0.721. The zero-order valence-corrected chi connectivity index (χ0v) is 11.3. The molecule has 0 bridgehead atoms. The molecule has 6 heteroatoms. The summed E-state index contributed by atoms with van der Waals surface area (Å²) in [6.07, 6.45) is 4.75. The molecule has 0 radical (unpaired) electrons. The fourth-order valence-electron chi connectivity index (χ4n) is 1.94. The Bertz CT molecular complexity index is 828.